The summed E-state index contributed by atoms with van der Waals surface area (Å²) >= 11 is 0. The highest BCUT2D eigenvalue weighted by atomic mass is 16.5. The number of ketones is 1. The van der Waals surface area contributed by atoms with Crippen molar-refractivity contribution in [2.75, 3.05) is 6.61 Å². The lowest BCUT2D eigenvalue weighted by Crippen LogP contribution is -2.59. The van der Waals surface area contributed by atoms with Crippen LogP contribution in [-0.4, -0.2) is 24.5 Å². The molecular formula is C29H34O6. The van der Waals surface area contributed by atoms with Crippen molar-refractivity contribution in [2.24, 2.45) is 22.7 Å². The van der Waals surface area contributed by atoms with E-state index in [1.54, 1.807) is 32.1 Å². The molecule has 1 aromatic heterocycles. The Labute approximate surface area is 206 Å². The molecule has 0 spiro atoms. The predicted octanol–water partition coefficient (Wildman–Crippen LogP) is 5.64. The summed E-state index contributed by atoms with van der Waals surface area (Å²) in [5.74, 6) is 0.270. The Morgan fingerprint density at radius 1 is 1.17 bits per heavy atom. The zero-order valence-corrected chi connectivity index (χ0v) is 21.3. The van der Waals surface area contributed by atoms with Gasteiger partial charge in [-0.15, -0.1) is 0 Å². The number of Topliss-reactive ketones (excluding diaryl/α,β-unsaturated/α-hetero) is 1. The third kappa shape index (κ3) is 4.46. The number of esters is 1. The summed E-state index contributed by atoms with van der Waals surface area (Å²) in [5.41, 5.74) is 0.888. The first-order valence-corrected chi connectivity index (χ1v) is 12.2. The lowest BCUT2D eigenvalue weighted by Gasteiger charge is -2.57. The minimum Gasteiger partial charge on any atom is -0.493 e. The molecule has 0 aliphatic heterocycles. The fraction of sp³-hybridized carbons (Fsp3) is 0.483. The Morgan fingerprint density at radius 2 is 1.89 bits per heavy atom. The number of rotatable bonds is 5. The maximum Gasteiger partial charge on any atom is 0.336 e. The predicted molar refractivity (Wildman–Crippen MR) is 134 cm³/mol. The molecular weight excluding hydrogens is 444 g/mol. The highest BCUT2D eigenvalue weighted by molar-refractivity contribution is 5.93. The molecule has 1 aromatic carbocycles. The van der Waals surface area contributed by atoms with Gasteiger partial charge in [0.2, 0.25) is 0 Å². The van der Waals surface area contributed by atoms with Gasteiger partial charge in [-0.3, -0.25) is 4.79 Å². The van der Waals surface area contributed by atoms with Gasteiger partial charge in [0, 0.05) is 40.8 Å². The molecule has 1 heterocycles. The van der Waals surface area contributed by atoms with Gasteiger partial charge in [-0.1, -0.05) is 38.5 Å². The van der Waals surface area contributed by atoms with Crippen LogP contribution in [0.5, 0.6) is 5.75 Å². The molecule has 6 heteroatoms. The number of carbonyl (C=O) groups is 2. The number of hydrogen-bond donors (Lipinski definition) is 0. The molecule has 35 heavy (non-hydrogen) atoms. The normalized spacial score (nSPS) is 28.3. The van der Waals surface area contributed by atoms with Crippen LogP contribution in [0.2, 0.25) is 0 Å². The molecule has 4 atom stereocenters. The van der Waals surface area contributed by atoms with E-state index in [0.29, 0.717) is 29.9 Å². The Morgan fingerprint density at radius 3 is 2.60 bits per heavy atom. The summed E-state index contributed by atoms with van der Waals surface area (Å²) in [5, 5.41) is 0.825. The molecule has 0 saturated heterocycles. The van der Waals surface area contributed by atoms with Gasteiger partial charge < -0.3 is 13.9 Å². The monoisotopic (exact) mass is 478 g/mol. The van der Waals surface area contributed by atoms with Crippen molar-refractivity contribution in [3.63, 3.8) is 0 Å². The Balaban J connectivity index is 1.59. The van der Waals surface area contributed by atoms with Gasteiger partial charge in [0.25, 0.3) is 0 Å². The van der Waals surface area contributed by atoms with Crippen LogP contribution < -0.4 is 10.4 Å². The third-order valence-electron chi connectivity index (χ3n) is 8.23. The van der Waals surface area contributed by atoms with Gasteiger partial charge in [0.05, 0.1) is 6.61 Å². The molecule has 0 bridgehead atoms. The topological polar surface area (TPSA) is 82.8 Å². The van der Waals surface area contributed by atoms with Crippen molar-refractivity contribution in [1.82, 2.24) is 0 Å². The smallest absolute Gasteiger partial charge is 0.336 e. The molecule has 2 aromatic rings. The number of ether oxygens (including phenoxy) is 2. The zero-order chi connectivity index (χ0) is 25.5. The van der Waals surface area contributed by atoms with Gasteiger partial charge in [-0.05, 0) is 56.7 Å². The summed E-state index contributed by atoms with van der Waals surface area (Å²) < 4.78 is 17.3. The van der Waals surface area contributed by atoms with Crippen LogP contribution in [0.25, 0.3) is 11.0 Å². The van der Waals surface area contributed by atoms with Gasteiger partial charge >= 0.3 is 11.6 Å². The van der Waals surface area contributed by atoms with Gasteiger partial charge in [-0.2, -0.15) is 0 Å². The first kappa shape index (κ1) is 25.0. The van der Waals surface area contributed by atoms with E-state index >= 15 is 0 Å². The molecule has 0 radical (unpaired) electrons. The van der Waals surface area contributed by atoms with E-state index in [2.05, 4.69) is 19.9 Å². The van der Waals surface area contributed by atoms with Gasteiger partial charge in [0.15, 0.2) is 11.9 Å². The van der Waals surface area contributed by atoms with Gasteiger partial charge in [0.1, 0.15) is 11.3 Å². The van der Waals surface area contributed by atoms with Crippen LogP contribution in [0.4, 0.5) is 0 Å². The van der Waals surface area contributed by atoms with Crippen molar-refractivity contribution in [3.05, 3.63) is 64.1 Å². The van der Waals surface area contributed by atoms with E-state index in [0.717, 1.165) is 11.8 Å². The van der Waals surface area contributed by atoms with Crippen LogP contribution in [0.1, 0.15) is 54.4 Å². The van der Waals surface area contributed by atoms with E-state index in [1.165, 1.54) is 11.6 Å². The van der Waals surface area contributed by atoms with E-state index in [9.17, 15) is 14.4 Å². The van der Waals surface area contributed by atoms with Crippen LogP contribution in [0.3, 0.4) is 0 Å². The van der Waals surface area contributed by atoms with Crippen molar-refractivity contribution < 1.29 is 23.5 Å². The number of fused-ring (bicyclic) bond motifs is 2. The lowest BCUT2D eigenvalue weighted by atomic mass is 9.47. The van der Waals surface area contributed by atoms with Crippen molar-refractivity contribution in [1.29, 1.82) is 0 Å². The molecule has 0 N–H and O–H groups in total. The maximum atomic E-state index is 13.4. The SMILES string of the molecule is C/C=C(/C)C(=O)O[C@@H]1C(=O)C[C@]2(C)C(CC=C(C)[C@H]2COc2ccc3ccc(=O)oc3c2)C1(C)C. The second-order valence-corrected chi connectivity index (χ2v) is 10.8. The molecule has 6 nitrogen and oxygen atoms in total. The summed E-state index contributed by atoms with van der Waals surface area (Å²) in [7, 11) is 0. The van der Waals surface area contributed by atoms with E-state index in [1.807, 2.05) is 26.0 Å². The van der Waals surface area contributed by atoms with Crippen LogP contribution in [0.15, 0.2) is 62.8 Å². The Hall–Kier alpha value is -3.15. The van der Waals surface area contributed by atoms with Crippen LogP contribution >= 0.6 is 0 Å². The summed E-state index contributed by atoms with van der Waals surface area (Å²) in [4.78, 5) is 37.5. The van der Waals surface area contributed by atoms with E-state index in [-0.39, 0.29) is 23.0 Å². The average molecular weight is 479 g/mol. The number of carbonyl (C=O) groups excluding carboxylic acids is 2. The fourth-order valence-electron chi connectivity index (χ4n) is 6.11. The first-order chi connectivity index (χ1) is 16.5. The minimum absolute atomic E-state index is 0.0110. The highest BCUT2D eigenvalue weighted by Gasteiger charge is 2.60. The van der Waals surface area contributed by atoms with E-state index < -0.39 is 23.1 Å². The molecule has 0 amide bonds. The Bertz CT molecular complexity index is 1280. The zero-order valence-electron chi connectivity index (χ0n) is 21.3. The van der Waals surface area contributed by atoms with Crippen LogP contribution in [-0.2, 0) is 14.3 Å². The lowest BCUT2D eigenvalue weighted by molar-refractivity contribution is -0.179. The maximum absolute atomic E-state index is 13.4. The van der Waals surface area contributed by atoms with E-state index in [4.69, 9.17) is 13.9 Å². The second kappa shape index (κ2) is 9.14. The summed E-state index contributed by atoms with van der Waals surface area (Å²) in [6, 6.07) is 8.57. The third-order valence-corrected chi connectivity index (χ3v) is 8.23. The van der Waals surface area contributed by atoms with Crippen molar-refractivity contribution >= 4 is 22.7 Å². The molecule has 4 rings (SSSR count). The number of allylic oxidation sites excluding steroid dienone is 2. The second-order valence-electron chi connectivity index (χ2n) is 10.8. The number of hydrogen-bond acceptors (Lipinski definition) is 6. The standard InChI is InChI=1S/C29H34O6/c1-7-17(2)27(32)35-26-22(30)15-29(6)21(18(3)8-12-24(29)28(26,4)5)16-33-20-11-9-19-10-13-25(31)34-23(19)14-20/h7-11,13-14,21,24,26H,12,15-16H2,1-6H3/b17-7-/t21-,24?,26-,29+/m1/s1. The largest absolute Gasteiger partial charge is 0.493 e. The van der Waals surface area contributed by atoms with Crippen LogP contribution in [0, 0.1) is 22.7 Å². The summed E-state index contributed by atoms with van der Waals surface area (Å²) in [6.45, 7) is 12.2. The minimum atomic E-state index is -0.778. The molecule has 2 aliphatic rings. The fourth-order valence-corrected chi connectivity index (χ4v) is 6.11. The quantitative estimate of drug-likeness (QED) is 0.239. The molecule has 186 valence electrons. The molecule has 1 fully saturated rings. The summed E-state index contributed by atoms with van der Waals surface area (Å²) in [6.07, 6.45) is 4.29. The average Bonchev–Trinajstić information content (AvgIpc) is 2.80. The molecule has 1 saturated carbocycles. The van der Waals surface area contributed by atoms with Crippen molar-refractivity contribution in [2.45, 2.75) is 60.5 Å². The highest BCUT2D eigenvalue weighted by Crippen LogP contribution is 2.59. The number of benzene rings is 1. The first-order valence-electron chi connectivity index (χ1n) is 12.2. The van der Waals surface area contributed by atoms with Gasteiger partial charge in [-0.25, -0.2) is 9.59 Å². The van der Waals surface area contributed by atoms with Crippen molar-refractivity contribution in [3.8, 4) is 5.75 Å². The Kier molecular flexibility index (Phi) is 6.52. The molecule has 2 aliphatic carbocycles. The molecule has 1 unspecified atom stereocenters.